The highest BCUT2D eigenvalue weighted by molar-refractivity contribution is 5.15. The number of nitrogens with one attached hydrogen (secondary N) is 1. The van der Waals surface area contributed by atoms with Crippen LogP contribution in [0, 0.1) is 0 Å². The fourth-order valence-electron chi connectivity index (χ4n) is 1.93. The van der Waals surface area contributed by atoms with E-state index in [4.69, 9.17) is 4.74 Å². The summed E-state index contributed by atoms with van der Waals surface area (Å²) in [6.45, 7) is 2.77. The first-order valence-electron chi connectivity index (χ1n) is 5.89. The highest BCUT2D eigenvalue weighted by Gasteiger charge is 2.11. The Morgan fingerprint density at radius 1 is 1.44 bits per heavy atom. The summed E-state index contributed by atoms with van der Waals surface area (Å²) >= 11 is 0. The van der Waals surface area contributed by atoms with Crippen LogP contribution in [-0.2, 0) is 20.6 Å². The Balaban J connectivity index is 1.97. The number of hydrogen-bond acceptors (Lipinski definition) is 4. The third kappa shape index (κ3) is 2.53. The van der Waals surface area contributed by atoms with Crippen molar-refractivity contribution in [3.63, 3.8) is 0 Å². The second-order valence-corrected chi connectivity index (χ2v) is 4.30. The molecule has 0 saturated carbocycles. The van der Waals surface area contributed by atoms with Crippen LogP contribution in [0.2, 0.25) is 0 Å². The van der Waals surface area contributed by atoms with E-state index in [1.807, 2.05) is 30.9 Å². The van der Waals surface area contributed by atoms with Gasteiger partial charge in [-0.25, -0.2) is 9.67 Å². The molecule has 98 valence electrons. The SMILES string of the molecule is COc1cc(CNC(C)c2nccn2C)nn1C. The van der Waals surface area contributed by atoms with Gasteiger partial charge >= 0.3 is 0 Å². The first-order valence-corrected chi connectivity index (χ1v) is 5.89. The minimum absolute atomic E-state index is 0.179. The molecule has 18 heavy (non-hydrogen) atoms. The van der Waals surface area contributed by atoms with E-state index >= 15 is 0 Å². The lowest BCUT2D eigenvalue weighted by atomic mass is 10.3. The molecule has 0 amide bonds. The normalized spacial score (nSPS) is 12.7. The van der Waals surface area contributed by atoms with E-state index in [1.54, 1.807) is 18.0 Å². The highest BCUT2D eigenvalue weighted by atomic mass is 16.5. The molecule has 0 aliphatic rings. The summed E-state index contributed by atoms with van der Waals surface area (Å²) in [7, 11) is 5.50. The van der Waals surface area contributed by atoms with E-state index in [0.717, 1.165) is 17.4 Å². The van der Waals surface area contributed by atoms with Gasteiger partial charge in [0.2, 0.25) is 5.88 Å². The van der Waals surface area contributed by atoms with Crippen molar-refractivity contribution < 1.29 is 4.74 Å². The molecule has 2 aromatic rings. The summed E-state index contributed by atoms with van der Waals surface area (Å²) in [4.78, 5) is 4.32. The lowest BCUT2D eigenvalue weighted by molar-refractivity contribution is 0.373. The van der Waals surface area contributed by atoms with Gasteiger partial charge in [-0.1, -0.05) is 0 Å². The van der Waals surface area contributed by atoms with Crippen LogP contribution in [0.4, 0.5) is 0 Å². The van der Waals surface area contributed by atoms with Crippen molar-refractivity contribution in [2.24, 2.45) is 14.1 Å². The zero-order valence-electron chi connectivity index (χ0n) is 11.2. The van der Waals surface area contributed by atoms with Gasteiger partial charge in [-0.3, -0.25) is 0 Å². The van der Waals surface area contributed by atoms with Gasteiger partial charge in [-0.2, -0.15) is 5.10 Å². The van der Waals surface area contributed by atoms with Crippen molar-refractivity contribution in [1.82, 2.24) is 24.6 Å². The molecule has 2 aromatic heterocycles. The van der Waals surface area contributed by atoms with Gasteiger partial charge in [-0.05, 0) is 6.92 Å². The summed E-state index contributed by atoms with van der Waals surface area (Å²) < 4.78 is 8.92. The second kappa shape index (κ2) is 5.22. The molecular formula is C12H19N5O. The number of rotatable bonds is 5. The molecule has 1 N–H and O–H groups in total. The second-order valence-electron chi connectivity index (χ2n) is 4.30. The smallest absolute Gasteiger partial charge is 0.211 e. The first kappa shape index (κ1) is 12.6. The maximum Gasteiger partial charge on any atom is 0.211 e. The van der Waals surface area contributed by atoms with Crippen LogP contribution in [0.1, 0.15) is 24.5 Å². The molecule has 0 spiro atoms. The van der Waals surface area contributed by atoms with E-state index in [-0.39, 0.29) is 6.04 Å². The molecule has 6 nitrogen and oxygen atoms in total. The third-order valence-corrected chi connectivity index (χ3v) is 2.93. The molecule has 0 fully saturated rings. The summed E-state index contributed by atoms with van der Waals surface area (Å²) in [5.41, 5.74) is 0.954. The van der Waals surface area contributed by atoms with E-state index in [0.29, 0.717) is 6.54 Å². The van der Waals surface area contributed by atoms with Crippen molar-refractivity contribution in [1.29, 1.82) is 0 Å². The van der Waals surface area contributed by atoms with E-state index in [2.05, 4.69) is 22.3 Å². The third-order valence-electron chi connectivity index (χ3n) is 2.93. The molecule has 1 atom stereocenters. The number of ether oxygens (including phenoxy) is 1. The van der Waals surface area contributed by atoms with Crippen LogP contribution in [0.3, 0.4) is 0 Å². The molecule has 1 unspecified atom stereocenters. The summed E-state index contributed by atoms with van der Waals surface area (Å²) in [5.74, 6) is 1.77. The number of hydrogen-bond donors (Lipinski definition) is 1. The zero-order valence-corrected chi connectivity index (χ0v) is 11.2. The van der Waals surface area contributed by atoms with Gasteiger partial charge in [0.05, 0.1) is 18.8 Å². The minimum atomic E-state index is 0.179. The highest BCUT2D eigenvalue weighted by Crippen LogP contribution is 2.13. The van der Waals surface area contributed by atoms with Crippen LogP contribution in [0.25, 0.3) is 0 Å². The Hall–Kier alpha value is -1.82. The first-order chi connectivity index (χ1) is 8.61. The Labute approximate surface area is 107 Å². The predicted molar refractivity (Wildman–Crippen MR) is 68.2 cm³/mol. The Morgan fingerprint density at radius 3 is 2.78 bits per heavy atom. The average molecular weight is 249 g/mol. The maximum absolute atomic E-state index is 5.18. The van der Waals surface area contributed by atoms with Crippen LogP contribution in [0.15, 0.2) is 18.5 Å². The van der Waals surface area contributed by atoms with Crippen molar-refractivity contribution in [2.45, 2.75) is 19.5 Å². The van der Waals surface area contributed by atoms with Crippen LogP contribution >= 0.6 is 0 Å². The number of aromatic nitrogens is 4. The molecule has 2 rings (SSSR count). The molecule has 0 saturated heterocycles. The van der Waals surface area contributed by atoms with Gasteiger partial charge in [-0.15, -0.1) is 0 Å². The predicted octanol–water partition coefficient (Wildman–Crippen LogP) is 1.01. The quantitative estimate of drug-likeness (QED) is 0.859. The molecule has 0 bridgehead atoms. The van der Waals surface area contributed by atoms with Crippen molar-refractivity contribution >= 4 is 0 Å². The van der Waals surface area contributed by atoms with E-state index < -0.39 is 0 Å². The van der Waals surface area contributed by atoms with Crippen molar-refractivity contribution in [3.05, 3.63) is 30.0 Å². The Bertz CT molecular complexity index is 516. The lowest BCUT2D eigenvalue weighted by Crippen LogP contribution is -2.21. The molecule has 0 aliphatic heterocycles. The van der Waals surface area contributed by atoms with Gasteiger partial charge in [0.1, 0.15) is 5.82 Å². The molecule has 0 aliphatic carbocycles. The van der Waals surface area contributed by atoms with Crippen molar-refractivity contribution in [3.8, 4) is 5.88 Å². The summed E-state index contributed by atoms with van der Waals surface area (Å²) in [6.07, 6.45) is 3.74. The zero-order chi connectivity index (χ0) is 13.1. The number of imidazole rings is 1. The Morgan fingerprint density at radius 2 is 2.22 bits per heavy atom. The van der Waals surface area contributed by atoms with E-state index in [1.165, 1.54) is 0 Å². The molecule has 0 aromatic carbocycles. The topological polar surface area (TPSA) is 56.9 Å². The lowest BCUT2D eigenvalue weighted by Gasteiger charge is -2.12. The summed E-state index contributed by atoms with van der Waals surface area (Å²) in [6, 6.07) is 2.11. The van der Waals surface area contributed by atoms with Gasteiger partial charge in [0, 0.05) is 39.1 Å². The molecular weight excluding hydrogens is 230 g/mol. The average Bonchev–Trinajstić information content (AvgIpc) is 2.92. The van der Waals surface area contributed by atoms with Gasteiger partial charge in [0.15, 0.2) is 0 Å². The van der Waals surface area contributed by atoms with Crippen molar-refractivity contribution in [2.75, 3.05) is 7.11 Å². The number of aryl methyl sites for hydroxylation is 2. The number of nitrogens with zero attached hydrogens (tertiary/aromatic N) is 4. The maximum atomic E-state index is 5.18. The monoisotopic (exact) mass is 249 g/mol. The van der Waals surface area contributed by atoms with Gasteiger partial charge < -0.3 is 14.6 Å². The minimum Gasteiger partial charge on any atom is -0.481 e. The van der Waals surface area contributed by atoms with Crippen LogP contribution < -0.4 is 10.1 Å². The fraction of sp³-hybridized carbons (Fsp3) is 0.500. The molecule has 2 heterocycles. The van der Waals surface area contributed by atoms with E-state index in [9.17, 15) is 0 Å². The summed E-state index contributed by atoms with van der Waals surface area (Å²) in [5, 5.41) is 7.75. The van der Waals surface area contributed by atoms with Crippen LogP contribution in [0.5, 0.6) is 5.88 Å². The van der Waals surface area contributed by atoms with Crippen LogP contribution in [-0.4, -0.2) is 26.4 Å². The molecule has 6 heteroatoms. The van der Waals surface area contributed by atoms with Gasteiger partial charge in [0.25, 0.3) is 0 Å². The fourth-order valence-corrected chi connectivity index (χ4v) is 1.93. The number of methoxy groups -OCH3 is 1. The standard InChI is InChI=1S/C12H19N5O/c1-9(12-13-5-6-16(12)2)14-8-10-7-11(18-4)17(3)15-10/h5-7,9,14H,8H2,1-4H3. The Kier molecular flexibility index (Phi) is 3.66. The largest absolute Gasteiger partial charge is 0.481 e. The molecule has 0 radical (unpaired) electrons.